The number of nitrogens with zero attached hydrogens (tertiary/aromatic N) is 2. The van der Waals surface area contributed by atoms with Crippen molar-refractivity contribution >= 4 is 22.6 Å². The number of alkyl halides is 2. The molecule has 3 rings (SSSR count). The molecule has 1 unspecified atom stereocenters. The molecule has 1 atom stereocenters. The van der Waals surface area contributed by atoms with Crippen LogP contribution in [0.1, 0.15) is 12.0 Å². The molecule has 0 radical (unpaired) electrons. The zero-order chi connectivity index (χ0) is 12.3. The highest BCUT2D eigenvalue weighted by Gasteiger charge is 2.71. The lowest BCUT2D eigenvalue weighted by atomic mass is 9.96. The highest BCUT2D eigenvalue weighted by molar-refractivity contribution is 6.34. The lowest BCUT2D eigenvalue weighted by Crippen LogP contribution is -2.26. The largest absolute Gasteiger partial charge is 0.346 e. The molecule has 1 aliphatic carbocycles. The number of hydrogen-bond acceptors (Lipinski definition) is 3. The second kappa shape index (κ2) is 3.14. The second-order valence-electron chi connectivity index (χ2n) is 4.26. The van der Waals surface area contributed by atoms with Crippen molar-refractivity contribution in [3.63, 3.8) is 0 Å². The van der Waals surface area contributed by atoms with Gasteiger partial charge in [-0.1, -0.05) is 11.6 Å². The van der Waals surface area contributed by atoms with Crippen LogP contribution in [0, 0.1) is 0 Å². The fourth-order valence-corrected chi connectivity index (χ4v) is 2.50. The maximum absolute atomic E-state index is 13.5. The number of aromatic amines is 1. The van der Waals surface area contributed by atoms with Crippen molar-refractivity contribution in [1.82, 2.24) is 15.0 Å². The first kappa shape index (κ1) is 10.9. The Hall–Kier alpha value is -1.27. The van der Waals surface area contributed by atoms with Gasteiger partial charge < -0.3 is 10.7 Å². The van der Waals surface area contributed by atoms with Crippen LogP contribution >= 0.6 is 11.6 Å². The van der Waals surface area contributed by atoms with E-state index in [9.17, 15) is 8.78 Å². The summed E-state index contributed by atoms with van der Waals surface area (Å²) in [5.41, 5.74) is 5.04. The van der Waals surface area contributed by atoms with Crippen LogP contribution in [0.4, 0.5) is 8.78 Å². The number of nitrogens with one attached hydrogen (secondary N) is 1. The van der Waals surface area contributed by atoms with E-state index in [2.05, 4.69) is 15.0 Å². The van der Waals surface area contributed by atoms with E-state index in [0.29, 0.717) is 16.6 Å². The lowest BCUT2D eigenvalue weighted by molar-refractivity contribution is 0.0899. The van der Waals surface area contributed by atoms with Gasteiger partial charge in [-0.2, -0.15) is 0 Å². The monoisotopic (exact) mass is 258 g/mol. The Morgan fingerprint density at radius 2 is 2.18 bits per heavy atom. The van der Waals surface area contributed by atoms with Gasteiger partial charge in [0.2, 0.25) is 0 Å². The number of nitrogens with two attached hydrogens (primary N) is 1. The van der Waals surface area contributed by atoms with E-state index in [4.69, 9.17) is 17.3 Å². The molecule has 2 aromatic rings. The van der Waals surface area contributed by atoms with Crippen molar-refractivity contribution < 1.29 is 8.78 Å². The summed E-state index contributed by atoms with van der Waals surface area (Å²) in [5.74, 6) is -2.78. The van der Waals surface area contributed by atoms with Gasteiger partial charge in [-0.25, -0.2) is 18.7 Å². The molecule has 0 saturated heterocycles. The van der Waals surface area contributed by atoms with Crippen molar-refractivity contribution in [2.45, 2.75) is 17.8 Å². The fraction of sp³-hybridized carbons (Fsp3) is 0.400. The normalized spacial score (nSPS) is 26.4. The van der Waals surface area contributed by atoms with E-state index in [-0.39, 0.29) is 18.1 Å². The molecule has 90 valence electrons. The first-order valence-electron chi connectivity index (χ1n) is 5.08. The molecule has 1 aliphatic rings. The van der Waals surface area contributed by atoms with E-state index >= 15 is 0 Å². The molecule has 1 fully saturated rings. The molecule has 2 heterocycles. The van der Waals surface area contributed by atoms with Crippen LogP contribution in [0.2, 0.25) is 5.15 Å². The molecule has 0 aromatic carbocycles. The molecule has 4 nitrogen and oxygen atoms in total. The smallest absolute Gasteiger partial charge is 0.260 e. The predicted octanol–water partition coefficient (Wildman–Crippen LogP) is 1.85. The average molecular weight is 259 g/mol. The molecular weight excluding hydrogens is 250 g/mol. The molecule has 0 spiro atoms. The third-order valence-electron chi connectivity index (χ3n) is 3.39. The number of hydrogen-bond donors (Lipinski definition) is 2. The van der Waals surface area contributed by atoms with Crippen molar-refractivity contribution in [3.05, 3.63) is 23.2 Å². The van der Waals surface area contributed by atoms with Crippen LogP contribution in [-0.2, 0) is 5.41 Å². The summed E-state index contributed by atoms with van der Waals surface area (Å²) in [6.45, 7) is -0.127. The quantitative estimate of drug-likeness (QED) is 0.808. The van der Waals surface area contributed by atoms with Gasteiger partial charge in [-0.3, -0.25) is 0 Å². The predicted molar refractivity (Wildman–Crippen MR) is 59.2 cm³/mol. The minimum Gasteiger partial charge on any atom is -0.346 e. The van der Waals surface area contributed by atoms with E-state index < -0.39 is 11.3 Å². The van der Waals surface area contributed by atoms with E-state index in [1.165, 1.54) is 12.5 Å². The van der Waals surface area contributed by atoms with Crippen LogP contribution in [0.25, 0.3) is 11.0 Å². The summed E-state index contributed by atoms with van der Waals surface area (Å²) < 4.78 is 27.0. The molecule has 3 N–H and O–H groups in total. The van der Waals surface area contributed by atoms with Gasteiger partial charge in [0.25, 0.3) is 5.92 Å². The van der Waals surface area contributed by atoms with E-state index in [0.717, 1.165) is 0 Å². The fourth-order valence-electron chi connectivity index (χ4n) is 2.26. The third kappa shape index (κ3) is 1.25. The highest BCUT2D eigenvalue weighted by Crippen LogP contribution is 2.62. The Labute approximate surface area is 100 Å². The molecular formula is C10H9ClF2N4. The third-order valence-corrected chi connectivity index (χ3v) is 3.67. The SMILES string of the molecule is NCC1(c2c[nH]c3ncnc(Cl)c23)CC1(F)F. The lowest BCUT2D eigenvalue weighted by Gasteiger charge is -2.12. The standard InChI is InChI=1S/C10H9ClF2N4/c11-7-6-5(1-15-8(6)17-4-16-7)9(3-14)2-10(9,12)13/h1,4H,2-3,14H2,(H,15,16,17). The first-order valence-corrected chi connectivity index (χ1v) is 5.45. The Bertz CT molecular complexity index is 597. The Kier molecular flexibility index (Phi) is 2.01. The van der Waals surface area contributed by atoms with Crippen LogP contribution in [0.15, 0.2) is 12.5 Å². The van der Waals surface area contributed by atoms with Crippen molar-refractivity contribution in [2.75, 3.05) is 6.54 Å². The van der Waals surface area contributed by atoms with Gasteiger partial charge in [0.15, 0.2) is 0 Å². The number of halogens is 3. The summed E-state index contributed by atoms with van der Waals surface area (Å²) in [7, 11) is 0. The molecule has 2 aromatic heterocycles. The molecule has 17 heavy (non-hydrogen) atoms. The minimum absolute atomic E-state index is 0.127. The Morgan fingerprint density at radius 1 is 1.47 bits per heavy atom. The zero-order valence-electron chi connectivity index (χ0n) is 8.67. The molecule has 0 bridgehead atoms. The molecule has 0 aliphatic heterocycles. The van der Waals surface area contributed by atoms with Crippen LogP contribution in [0.3, 0.4) is 0 Å². The zero-order valence-corrected chi connectivity index (χ0v) is 9.43. The maximum Gasteiger partial charge on any atom is 0.260 e. The number of H-pyrrole nitrogens is 1. The summed E-state index contributed by atoms with van der Waals surface area (Å²) in [6.07, 6.45) is 2.53. The van der Waals surface area contributed by atoms with Gasteiger partial charge in [0.05, 0.1) is 10.8 Å². The summed E-state index contributed by atoms with van der Waals surface area (Å²) >= 11 is 5.93. The summed E-state index contributed by atoms with van der Waals surface area (Å²) in [5, 5.41) is 0.610. The van der Waals surface area contributed by atoms with Crippen LogP contribution in [0.5, 0.6) is 0 Å². The maximum atomic E-state index is 13.5. The van der Waals surface area contributed by atoms with Crippen LogP contribution in [-0.4, -0.2) is 27.4 Å². The first-order chi connectivity index (χ1) is 8.02. The van der Waals surface area contributed by atoms with E-state index in [1.54, 1.807) is 0 Å². The van der Waals surface area contributed by atoms with Crippen molar-refractivity contribution in [2.24, 2.45) is 5.73 Å². The van der Waals surface area contributed by atoms with Gasteiger partial charge in [-0.05, 0) is 5.56 Å². The van der Waals surface area contributed by atoms with Crippen molar-refractivity contribution in [3.8, 4) is 0 Å². The highest BCUT2D eigenvalue weighted by atomic mass is 35.5. The molecule has 7 heteroatoms. The van der Waals surface area contributed by atoms with Gasteiger partial charge in [-0.15, -0.1) is 0 Å². The average Bonchev–Trinajstić information content (AvgIpc) is 2.68. The summed E-state index contributed by atoms with van der Waals surface area (Å²) in [4.78, 5) is 10.6. The van der Waals surface area contributed by atoms with Crippen molar-refractivity contribution in [1.29, 1.82) is 0 Å². The number of fused-ring (bicyclic) bond motifs is 1. The Balaban J connectivity index is 2.26. The molecule has 0 amide bonds. The van der Waals surface area contributed by atoms with Crippen LogP contribution < -0.4 is 5.73 Å². The molecule has 1 saturated carbocycles. The number of rotatable bonds is 2. The minimum atomic E-state index is -2.78. The Morgan fingerprint density at radius 3 is 2.76 bits per heavy atom. The van der Waals surface area contributed by atoms with Gasteiger partial charge >= 0.3 is 0 Å². The van der Waals surface area contributed by atoms with Gasteiger partial charge in [0.1, 0.15) is 17.1 Å². The van der Waals surface area contributed by atoms with E-state index in [1.807, 2.05) is 0 Å². The van der Waals surface area contributed by atoms with Gasteiger partial charge in [0, 0.05) is 19.2 Å². The summed E-state index contributed by atoms with van der Waals surface area (Å²) in [6, 6.07) is 0. The number of aromatic nitrogens is 3. The second-order valence-corrected chi connectivity index (χ2v) is 4.62. The topological polar surface area (TPSA) is 67.6 Å².